The summed E-state index contributed by atoms with van der Waals surface area (Å²) in [5.41, 5.74) is 0. The average Bonchev–Trinajstić information content (AvgIpc) is 3.07. The summed E-state index contributed by atoms with van der Waals surface area (Å²) < 4.78 is 0. The van der Waals surface area contributed by atoms with Crippen LogP contribution in [0.15, 0.2) is 4.99 Å². The molecule has 1 saturated carbocycles. The molecule has 0 unspecified atom stereocenters. The maximum Gasteiger partial charge on any atom is 0.191 e. The summed E-state index contributed by atoms with van der Waals surface area (Å²) in [5, 5.41) is 7.00. The number of rotatable bonds is 7. The van der Waals surface area contributed by atoms with Gasteiger partial charge in [0.05, 0.1) is 0 Å². The second kappa shape index (κ2) is 10.1. The Hall–Kier alpha value is -0.810. The monoisotopic (exact) mass is 309 g/mol. The number of aliphatic imine (C=N–C) groups is 1. The average molecular weight is 310 g/mol. The van der Waals surface area contributed by atoms with Crippen LogP contribution in [0.3, 0.4) is 0 Å². The fraction of sp³-hybridized carbons (Fsp3) is 0.941. The van der Waals surface area contributed by atoms with Crippen LogP contribution >= 0.6 is 0 Å². The molecular formula is C17H35N5. The first-order valence-corrected chi connectivity index (χ1v) is 9.23. The molecular weight excluding hydrogens is 274 g/mol. The molecule has 0 bridgehead atoms. The maximum atomic E-state index is 4.34. The molecule has 1 heterocycles. The number of guanidine groups is 1. The van der Waals surface area contributed by atoms with E-state index in [4.69, 9.17) is 0 Å². The van der Waals surface area contributed by atoms with Crippen molar-refractivity contribution in [3.05, 3.63) is 0 Å². The molecule has 0 aromatic carbocycles. The molecule has 2 rings (SSSR count). The lowest BCUT2D eigenvalue weighted by Crippen LogP contribution is -2.46. The lowest BCUT2D eigenvalue weighted by atomic mass is 10.2. The molecule has 22 heavy (non-hydrogen) atoms. The second-order valence-electron chi connectivity index (χ2n) is 6.61. The van der Waals surface area contributed by atoms with Crippen LogP contribution in [0.2, 0.25) is 0 Å². The molecule has 2 fully saturated rings. The molecule has 0 aromatic rings. The molecule has 1 aliphatic heterocycles. The topological polar surface area (TPSA) is 42.9 Å². The zero-order valence-corrected chi connectivity index (χ0v) is 14.6. The van der Waals surface area contributed by atoms with E-state index in [1.165, 1.54) is 77.8 Å². The SMILES string of the molecule is CCN1CCN(CCCCNC(=NC)NC2CCCC2)CC1. The van der Waals surface area contributed by atoms with E-state index in [0.717, 1.165) is 12.5 Å². The Labute approximate surface area is 136 Å². The Morgan fingerprint density at radius 1 is 1.05 bits per heavy atom. The minimum absolute atomic E-state index is 0.640. The van der Waals surface area contributed by atoms with E-state index in [9.17, 15) is 0 Å². The van der Waals surface area contributed by atoms with Crippen LogP contribution in [0.5, 0.6) is 0 Å². The first-order valence-electron chi connectivity index (χ1n) is 9.23. The van der Waals surface area contributed by atoms with Gasteiger partial charge in [0.2, 0.25) is 0 Å². The van der Waals surface area contributed by atoms with Crippen molar-refractivity contribution < 1.29 is 0 Å². The van der Waals surface area contributed by atoms with Gasteiger partial charge in [-0.3, -0.25) is 4.99 Å². The lowest BCUT2D eigenvalue weighted by Gasteiger charge is -2.34. The Morgan fingerprint density at radius 3 is 2.36 bits per heavy atom. The standard InChI is InChI=1S/C17H35N5/c1-3-21-12-14-22(15-13-21)11-7-6-10-19-17(18-2)20-16-8-4-5-9-16/h16H,3-15H2,1-2H3,(H2,18,19,20). The van der Waals surface area contributed by atoms with Crippen LogP contribution in [-0.4, -0.2) is 74.7 Å². The number of unbranched alkanes of at least 4 members (excludes halogenated alkanes) is 1. The summed E-state index contributed by atoms with van der Waals surface area (Å²) in [4.78, 5) is 9.48. The van der Waals surface area contributed by atoms with E-state index in [2.05, 4.69) is 32.3 Å². The molecule has 0 aromatic heterocycles. The number of piperazine rings is 1. The van der Waals surface area contributed by atoms with E-state index in [1.807, 2.05) is 7.05 Å². The van der Waals surface area contributed by atoms with E-state index in [-0.39, 0.29) is 0 Å². The quantitative estimate of drug-likeness (QED) is 0.425. The van der Waals surface area contributed by atoms with Gasteiger partial charge in [-0.2, -0.15) is 0 Å². The summed E-state index contributed by atoms with van der Waals surface area (Å²) in [5.74, 6) is 0.989. The molecule has 0 amide bonds. The molecule has 5 nitrogen and oxygen atoms in total. The second-order valence-corrected chi connectivity index (χ2v) is 6.61. The summed E-state index contributed by atoms with van der Waals surface area (Å²) in [6.07, 6.45) is 7.81. The van der Waals surface area contributed by atoms with Crippen molar-refractivity contribution in [2.75, 3.05) is 52.9 Å². The summed E-state index contributed by atoms with van der Waals surface area (Å²) in [6.45, 7) is 10.7. The van der Waals surface area contributed by atoms with Gasteiger partial charge in [0.15, 0.2) is 5.96 Å². The third-order valence-corrected chi connectivity index (χ3v) is 5.03. The molecule has 0 spiro atoms. The van der Waals surface area contributed by atoms with Crippen LogP contribution in [0.25, 0.3) is 0 Å². The van der Waals surface area contributed by atoms with Crippen LogP contribution in [0.4, 0.5) is 0 Å². The minimum Gasteiger partial charge on any atom is -0.356 e. The van der Waals surface area contributed by atoms with Crippen molar-refractivity contribution in [2.24, 2.45) is 4.99 Å². The van der Waals surface area contributed by atoms with Gasteiger partial charge in [0, 0.05) is 45.8 Å². The normalized spacial score (nSPS) is 22.2. The van der Waals surface area contributed by atoms with Crippen molar-refractivity contribution >= 4 is 5.96 Å². The van der Waals surface area contributed by atoms with Gasteiger partial charge in [-0.15, -0.1) is 0 Å². The summed E-state index contributed by atoms with van der Waals surface area (Å²) in [6, 6.07) is 0.640. The number of hydrogen-bond acceptors (Lipinski definition) is 3. The predicted octanol–water partition coefficient (Wildman–Crippen LogP) is 1.51. The molecule has 2 aliphatic rings. The molecule has 0 atom stereocenters. The van der Waals surface area contributed by atoms with Gasteiger partial charge < -0.3 is 20.4 Å². The predicted molar refractivity (Wildman–Crippen MR) is 94.5 cm³/mol. The molecule has 1 aliphatic carbocycles. The Balaban J connectivity index is 1.49. The fourth-order valence-corrected chi connectivity index (χ4v) is 3.45. The summed E-state index contributed by atoms with van der Waals surface area (Å²) >= 11 is 0. The number of nitrogens with zero attached hydrogens (tertiary/aromatic N) is 3. The largest absolute Gasteiger partial charge is 0.356 e. The Morgan fingerprint density at radius 2 is 1.73 bits per heavy atom. The molecule has 0 radical (unpaired) electrons. The molecule has 128 valence electrons. The fourth-order valence-electron chi connectivity index (χ4n) is 3.45. The maximum absolute atomic E-state index is 4.34. The van der Waals surface area contributed by atoms with Crippen molar-refractivity contribution in [3.8, 4) is 0 Å². The van der Waals surface area contributed by atoms with Gasteiger partial charge in [-0.05, 0) is 38.8 Å². The van der Waals surface area contributed by atoms with Crippen LogP contribution in [0.1, 0.15) is 45.4 Å². The Kier molecular flexibility index (Phi) is 8.02. The molecule has 5 heteroatoms. The molecule has 1 saturated heterocycles. The van der Waals surface area contributed by atoms with Crippen molar-refractivity contribution in [3.63, 3.8) is 0 Å². The van der Waals surface area contributed by atoms with Gasteiger partial charge >= 0.3 is 0 Å². The first-order chi connectivity index (χ1) is 10.8. The lowest BCUT2D eigenvalue weighted by molar-refractivity contribution is 0.136. The highest BCUT2D eigenvalue weighted by Gasteiger charge is 2.16. The van der Waals surface area contributed by atoms with Crippen molar-refractivity contribution in [1.29, 1.82) is 0 Å². The first kappa shape index (κ1) is 17.5. The van der Waals surface area contributed by atoms with Gasteiger partial charge in [-0.1, -0.05) is 19.8 Å². The van der Waals surface area contributed by atoms with Crippen LogP contribution < -0.4 is 10.6 Å². The smallest absolute Gasteiger partial charge is 0.191 e. The van der Waals surface area contributed by atoms with Gasteiger partial charge in [0.1, 0.15) is 0 Å². The van der Waals surface area contributed by atoms with E-state index in [1.54, 1.807) is 0 Å². The highest BCUT2D eigenvalue weighted by molar-refractivity contribution is 5.79. The zero-order valence-electron chi connectivity index (χ0n) is 14.6. The van der Waals surface area contributed by atoms with Gasteiger partial charge in [0.25, 0.3) is 0 Å². The van der Waals surface area contributed by atoms with Crippen LogP contribution in [-0.2, 0) is 0 Å². The number of hydrogen-bond donors (Lipinski definition) is 2. The van der Waals surface area contributed by atoms with E-state index in [0.29, 0.717) is 6.04 Å². The molecule has 2 N–H and O–H groups in total. The zero-order chi connectivity index (χ0) is 15.6. The van der Waals surface area contributed by atoms with Crippen molar-refractivity contribution in [2.45, 2.75) is 51.5 Å². The highest BCUT2D eigenvalue weighted by atomic mass is 15.3. The van der Waals surface area contributed by atoms with E-state index < -0.39 is 0 Å². The number of nitrogens with one attached hydrogen (secondary N) is 2. The third kappa shape index (κ3) is 6.13. The number of likely N-dealkylation sites (N-methyl/N-ethyl adjacent to an activating group) is 1. The van der Waals surface area contributed by atoms with Crippen molar-refractivity contribution in [1.82, 2.24) is 20.4 Å². The minimum atomic E-state index is 0.640. The van der Waals surface area contributed by atoms with E-state index >= 15 is 0 Å². The third-order valence-electron chi connectivity index (χ3n) is 5.03. The van der Waals surface area contributed by atoms with Gasteiger partial charge in [-0.25, -0.2) is 0 Å². The highest BCUT2D eigenvalue weighted by Crippen LogP contribution is 2.17. The van der Waals surface area contributed by atoms with Crippen LogP contribution in [0, 0.1) is 0 Å². The Bertz CT molecular complexity index is 317. The summed E-state index contributed by atoms with van der Waals surface area (Å²) in [7, 11) is 1.87.